The molecule has 4 rings (SSSR count). The Kier molecular flexibility index (Phi) is 4.95. The Morgan fingerprint density at radius 2 is 2.12 bits per heavy atom. The molecule has 1 aliphatic rings. The number of aryl methyl sites for hydroxylation is 1. The third-order valence-electron chi connectivity index (χ3n) is 4.61. The van der Waals surface area contributed by atoms with E-state index in [0.717, 1.165) is 44.4 Å². The quantitative estimate of drug-likeness (QED) is 0.382. The van der Waals surface area contributed by atoms with Crippen LogP contribution >= 0.6 is 23.1 Å². The van der Waals surface area contributed by atoms with Crippen LogP contribution in [0.4, 0.5) is 5.82 Å². The first-order valence-corrected chi connectivity index (χ1v) is 10.5. The number of thioether (sulfide) groups is 1. The molecule has 26 heavy (non-hydrogen) atoms. The minimum atomic E-state index is -0.260. The van der Waals surface area contributed by atoms with Crippen LogP contribution in [0.2, 0.25) is 0 Å². The van der Waals surface area contributed by atoms with Gasteiger partial charge in [-0.15, -0.1) is 11.3 Å². The number of hydrogen-bond acceptors (Lipinski definition) is 8. The van der Waals surface area contributed by atoms with E-state index in [1.165, 1.54) is 43.7 Å². The SMILES string of the molecule is COC(=O)CSc1ncnc2c1sc1nc(N3CCCCC3)cc(C)c12. The normalized spacial score (nSPS) is 14.9. The average molecular weight is 389 g/mol. The third-order valence-corrected chi connectivity index (χ3v) is 6.78. The Hall–Kier alpha value is -1.93. The summed E-state index contributed by atoms with van der Waals surface area (Å²) in [5, 5.41) is 1.90. The molecule has 1 fully saturated rings. The molecule has 0 aliphatic carbocycles. The summed E-state index contributed by atoms with van der Waals surface area (Å²) in [5.74, 6) is 1.03. The van der Waals surface area contributed by atoms with Crippen molar-refractivity contribution in [2.24, 2.45) is 0 Å². The monoisotopic (exact) mass is 388 g/mol. The molecule has 1 saturated heterocycles. The van der Waals surface area contributed by atoms with Gasteiger partial charge in [-0.1, -0.05) is 11.8 Å². The summed E-state index contributed by atoms with van der Waals surface area (Å²) in [6.07, 6.45) is 5.32. The molecule has 0 radical (unpaired) electrons. The van der Waals surface area contributed by atoms with Crippen LogP contribution in [0.15, 0.2) is 17.4 Å². The van der Waals surface area contributed by atoms with Crippen LogP contribution in [0, 0.1) is 6.92 Å². The van der Waals surface area contributed by atoms with Crippen molar-refractivity contribution >= 4 is 55.3 Å². The van der Waals surface area contributed by atoms with E-state index in [0.29, 0.717) is 0 Å². The Morgan fingerprint density at radius 1 is 1.31 bits per heavy atom. The van der Waals surface area contributed by atoms with Gasteiger partial charge in [-0.25, -0.2) is 15.0 Å². The summed E-state index contributed by atoms with van der Waals surface area (Å²) in [4.78, 5) is 28.6. The highest BCUT2D eigenvalue weighted by Crippen LogP contribution is 2.39. The van der Waals surface area contributed by atoms with Gasteiger partial charge in [0.15, 0.2) is 0 Å². The predicted octanol–water partition coefficient (Wildman–Crippen LogP) is 3.80. The number of aromatic nitrogens is 3. The summed E-state index contributed by atoms with van der Waals surface area (Å²) in [6.45, 7) is 4.26. The maximum atomic E-state index is 11.5. The van der Waals surface area contributed by atoms with Crippen molar-refractivity contribution in [3.05, 3.63) is 18.0 Å². The first kappa shape index (κ1) is 17.5. The van der Waals surface area contributed by atoms with Crippen LogP contribution < -0.4 is 4.90 Å². The molecule has 3 aromatic heterocycles. The molecule has 136 valence electrons. The van der Waals surface area contributed by atoms with Crippen molar-refractivity contribution in [2.45, 2.75) is 31.2 Å². The van der Waals surface area contributed by atoms with Gasteiger partial charge in [-0.05, 0) is 37.8 Å². The lowest BCUT2D eigenvalue weighted by atomic mass is 10.1. The molecule has 0 N–H and O–H groups in total. The van der Waals surface area contributed by atoms with Crippen molar-refractivity contribution in [2.75, 3.05) is 30.9 Å². The number of ether oxygens (including phenoxy) is 1. The van der Waals surface area contributed by atoms with Crippen LogP contribution in [-0.4, -0.2) is 46.9 Å². The number of rotatable bonds is 4. The molecule has 3 aromatic rings. The summed E-state index contributed by atoms with van der Waals surface area (Å²) < 4.78 is 5.72. The second-order valence-electron chi connectivity index (χ2n) is 6.35. The van der Waals surface area contributed by atoms with E-state index in [2.05, 4.69) is 27.9 Å². The average Bonchev–Trinajstić information content (AvgIpc) is 3.06. The molecule has 0 spiro atoms. The topological polar surface area (TPSA) is 68.2 Å². The highest BCUT2D eigenvalue weighted by Gasteiger charge is 2.19. The summed E-state index contributed by atoms with van der Waals surface area (Å²) in [7, 11) is 1.40. The zero-order chi connectivity index (χ0) is 18.1. The number of methoxy groups -OCH3 is 1. The molecule has 1 aliphatic heterocycles. The summed E-state index contributed by atoms with van der Waals surface area (Å²) in [6, 6.07) is 2.17. The van der Waals surface area contributed by atoms with Crippen molar-refractivity contribution in [1.82, 2.24) is 15.0 Å². The van der Waals surface area contributed by atoms with Gasteiger partial charge in [0, 0.05) is 18.5 Å². The van der Waals surface area contributed by atoms with Crippen molar-refractivity contribution in [1.29, 1.82) is 0 Å². The third kappa shape index (κ3) is 3.23. The number of hydrogen-bond donors (Lipinski definition) is 0. The Balaban J connectivity index is 1.77. The van der Waals surface area contributed by atoms with Crippen LogP contribution in [0.3, 0.4) is 0 Å². The van der Waals surface area contributed by atoms with Crippen LogP contribution in [0.5, 0.6) is 0 Å². The second-order valence-corrected chi connectivity index (χ2v) is 8.31. The minimum Gasteiger partial charge on any atom is -0.468 e. The maximum Gasteiger partial charge on any atom is 0.316 e. The molecule has 0 bridgehead atoms. The Morgan fingerprint density at radius 3 is 2.88 bits per heavy atom. The maximum absolute atomic E-state index is 11.5. The predicted molar refractivity (Wildman–Crippen MR) is 106 cm³/mol. The fourth-order valence-corrected chi connectivity index (χ4v) is 5.39. The van der Waals surface area contributed by atoms with Crippen LogP contribution in [0.25, 0.3) is 20.4 Å². The number of piperidine rings is 1. The highest BCUT2D eigenvalue weighted by atomic mass is 32.2. The first-order valence-electron chi connectivity index (χ1n) is 8.67. The number of thiophene rings is 1. The lowest BCUT2D eigenvalue weighted by molar-refractivity contribution is -0.137. The molecule has 0 unspecified atom stereocenters. The van der Waals surface area contributed by atoms with E-state index in [9.17, 15) is 4.79 Å². The number of fused-ring (bicyclic) bond motifs is 3. The highest BCUT2D eigenvalue weighted by molar-refractivity contribution is 8.00. The van der Waals surface area contributed by atoms with Gasteiger partial charge < -0.3 is 9.64 Å². The number of pyridine rings is 1. The zero-order valence-corrected chi connectivity index (χ0v) is 16.5. The number of nitrogens with zero attached hydrogens (tertiary/aromatic N) is 4. The smallest absolute Gasteiger partial charge is 0.316 e. The number of carbonyl (C=O) groups is 1. The number of esters is 1. The van der Waals surface area contributed by atoms with E-state index in [1.54, 1.807) is 17.7 Å². The van der Waals surface area contributed by atoms with E-state index < -0.39 is 0 Å². The molecule has 0 atom stereocenters. The lowest BCUT2D eigenvalue weighted by Crippen LogP contribution is -2.30. The molecular weight excluding hydrogens is 368 g/mol. The molecule has 0 saturated carbocycles. The van der Waals surface area contributed by atoms with Crippen LogP contribution in [0.1, 0.15) is 24.8 Å². The molecule has 6 nitrogen and oxygen atoms in total. The lowest BCUT2D eigenvalue weighted by Gasteiger charge is -2.28. The minimum absolute atomic E-state index is 0.238. The van der Waals surface area contributed by atoms with Gasteiger partial charge in [0.05, 0.1) is 23.1 Å². The Labute approximate surface area is 160 Å². The van der Waals surface area contributed by atoms with Crippen molar-refractivity contribution in [3.63, 3.8) is 0 Å². The largest absolute Gasteiger partial charge is 0.468 e. The van der Waals surface area contributed by atoms with Crippen LogP contribution in [-0.2, 0) is 9.53 Å². The molecule has 0 aromatic carbocycles. The van der Waals surface area contributed by atoms with E-state index in [4.69, 9.17) is 9.72 Å². The first-order chi connectivity index (χ1) is 12.7. The van der Waals surface area contributed by atoms with Gasteiger partial charge in [0.1, 0.15) is 22.0 Å². The fraction of sp³-hybridized carbons (Fsp3) is 0.444. The van der Waals surface area contributed by atoms with Gasteiger partial charge in [0.2, 0.25) is 0 Å². The second kappa shape index (κ2) is 7.36. The number of carbonyl (C=O) groups excluding carboxylic acids is 1. The van der Waals surface area contributed by atoms with Crippen molar-refractivity contribution < 1.29 is 9.53 Å². The van der Waals surface area contributed by atoms with Gasteiger partial charge in [0.25, 0.3) is 0 Å². The Bertz CT molecular complexity index is 967. The summed E-state index contributed by atoms with van der Waals surface area (Å²) >= 11 is 2.99. The molecule has 4 heterocycles. The van der Waals surface area contributed by atoms with Gasteiger partial charge >= 0.3 is 5.97 Å². The van der Waals surface area contributed by atoms with E-state index in [-0.39, 0.29) is 11.7 Å². The van der Waals surface area contributed by atoms with E-state index in [1.807, 2.05) is 0 Å². The zero-order valence-electron chi connectivity index (χ0n) is 14.8. The fourth-order valence-electron chi connectivity index (χ4n) is 3.29. The molecule has 8 heteroatoms. The molecule has 0 amide bonds. The number of anilines is 1. The molecular formula is C18H20N4O2S2. The van der Waals surface area contributed by atoms with Gasteiger partial charge in [-0.3, -0.25) is 4.79 Å². The van der Waals surface area contributed by atoms with Gasteiger partial charge in [-0.2, -0.15) is 0 Å². The van der Waals surface area contributed by atoms with E-state index >= 15 is 0 Å². The van der Waals surface area contributed by atoms with Crippen molar-refractivity contribution in [3.8, 4) is 0 Å². The standard InChI is InChI=1S/C18H20N4O2S2/c1-11-8-12(22-6-4-3-5-7-22)21-17-14(11)15-16(26-17)18(20-10-19-15)25-9-13(23)24-2/h8,10H,3-7,9H2,1-2H3. The summed E-state index contributed by atoms with van der Waals surface area (Å²) in [5.41, 5.74) is 2.10.